The number of nitrogens with one attached hydrogen (secondary N) is 2. The quantitative estimate of drug-likeness (QED) is 0.571. The van der Waals surface area contributed by atoms with Crippen LogP contribution in [0.1, 0.15) is 58.2 Å². The highest BCUT2D eigenvalue weighted by Crippen LogP contribution is 2.27. The van der Waals surface area contributed by atoms with Crippen molar-refractivity contribution in [3.05, 3.63) is 36.3 Å². The standard InChI is InChI=1S/C20H27N5O/c1-4-7-15(8-5-2)18-21-13-17(22-18)14-9-11-16(12-10-14)19-23-20(25-24-19)26-6-3/h9-13,15H,4-8H2,1-3H3,(H,21,22)(H,23,24,25). The molecule has 138 valence electrons. The van der Waals surface area contributed by atoms with Crippen molar-refractivity contribution in [2.24, 2.45) is 0 Å². The Kier molecular flexibility index (Phi) is 6.04. The van der Waals surface area contributed by atoms with E-state index in [1.165, 1.54) is 25.7 Å². The van der Waals surface area contributed by atoms with Gasteiger partial charge in [0.2, 0.25) is 0 Å². The first kappa shape index (κ1) is 18.2. The summed E-state index contributed by atoms with van der Waals surface area (Å²) in [4.78, 5) is 12.5. The molecular formula is C20H27N5O. The van der Waals surface area contributed by atoms with Gasteiger partial charge in [0.05, 0.1) is 18.5 Å². The Balaban J connectivity index is 1.76. The second kappa shape index (κ2) is 8.65. The van der Waals surface area contributed by atoms with Gasteiger partial charge >= 0.3 is 6.01 Å². The summed E-state index contributed by atoms with van der Waals surface area (Å²) in [6.45, 7) is 6.92. The van der Waals surface area contributed by atoms with Crippen molar-refractivity contribution in [2.45, 2.75) is 52.4 Å². The monoisotopic (exact) mass is 353 g/mol. The fraction of sp³-hybridized carbons (Fsp3) is 0.450. The minimum atomic E-state index is 0.377. The van der Waals surface area contributed by atoms with Crippen molar-refractivity contribution in [3.63, 3.8) is 0 Å². The van der Waals surface area contributed by atoms with Gasteiger partial charge in [-0.25, -0.2) is 4.98 Å². The van der Waals surface area contributed by atoms with E-state index in [4.69, 9.17) is 4.74 Å². The summed E-state index contributed by atoms with van der Waals surface area (Å²) in [6, 6.07) is 8.58. The van der Waals surface area contributed by atoms with E-state index in [0.717, 1.165) is 22.6 Å². The molecule has 0 saturated carbocycles. The smallest absolute Gasteiger partial charge is 0.335 e. The molecule has 0 unspecified atom stereocenters. The first-order valence-corrected chi connectivity index (χ1v) is 9.46. The predicted molar refractivity (Wildman–Crippen MR) is 103 cm³/mol. The molecule has 0 fully saturated rings. The molecule has 0 bridgehead atoms. The molecule has 2 N–H and O–H groups in total. The van der Waals surface area contributed by atoms with Gasteiger partial charge in [0.25, 0.3) is 0 Å². The van der Waals surface area contributed by atoms with Gasteiger partial charge in [0.1, 0.15) is 5.82 Å². The van der Waals surface area contributed by atoms with E-state index in [1.54, 1.807) is 0 Å². The fourth-order valence-corrected chi connectivity index (χ4v) is 3.18. The molecule has 0 saturated heterocycles. The van der Waals surface area contributed by atoms with Crippen molar-refractivity contribution >= 4 is 0 Å². The Morgan fingerprint density at radius 2 is 1.69 bits per heavy atom. The highest BCUT2D eigenvalue weighted by atomic mass is 16.5. The molecular weight excluding hydrogens is 326 g/mol. The van der Waals surface area contributed by atoms with Crippen LogP contribution in [0, 0.1) is 0 Å². The van der Waals surface area contributed by atoms with Gasteiger partial charge in [-0.1, -0.05) is 51.0 Å². The summed E-state index contributed by atoms with van der Waals surface area (Å²) in [5, 5.41) is 6.95. The van der Waals surface area contributed by atoms with Crippen molar-refractivity contribution < 1.29 is 4.74 Å². The Morgan fingerprint density at radius 3 is 2.35 bits per heavy atom. The minimum absolute atomic E-state index is 0.377. The Hall–Kier alpha value is -2.63. The minimum Gasteiger partial charge on any atom is -0.463 e. The Morgan fingerprint density at radius 1 is 1.00 bits per heavy atom. The number of aromatic amines is 2. The van der Waals surface area contributed by atoms with Crippen molar-refractivity contribution in [2.75, 3.05) is 6.61 Å². The van der Waals surface area contributed by atoms with Gasteiger partial charge in [-0.2, -0.15) is 4.98 Å². The summed E-state index contributed by atoms with van der Waals surface area (Å²) in [5.74, 6) is 2.32. The van der Waals surface area contributed by atoms with Gasteiger partial charge in [-0.3, -0.25) is 5.10 Å². The van der Waals surface area contributed by atoms with E-state index in [9.17, 15) is 0 Å². The summed E-state index contributed by atoms with van der Waals surface area (Å²) in [7, 11) is 0. The highest BCUT2D eigenvalue weighted by molar-refractivity contribution is 5.64. The van der Waals surface area contributed by atoms with E-state index >= 15 is 0 Å². The van der Waals surface area contributed by atoms with Gasteiger partial charge in [-0.05, 0) is 25.3 Å². The van der Waals surface area contributed by atoms with E-state index in [2.05, 4.69) is 51.1 Å². The van der Waals surface area contributed by atoms with Crippen LogP contribution in [0.3, 0.4) is 0 Å². The van der Waals surface area contributed by atoms with Crippen molar-refractivity contribution in [1.29, 1.82) is 0 Å². The van der Waals surface area contributed by atoms with E-state index in [-0.39, 0.29) is 0 Å². The van der Waals surface area contributed by atoms with Crippen LogP contribution in [-0.4, -0.2) is 31.8 Å². The third-order valence-electron chi connectivity index (χ3n) is 4.46. The first-order valence-electron chi connectivity index (χ1n) is 9.46. The molecule has 1 aromatic carbocycles. The summed E-state index contributed by atoms with van der Waals surface area (Å²) in [5.41, 5.74) is 3.14. The molecule has 2 aromatic heterocycles. The zero-order valence-corrected chi connectivity index (χ0v) is 15.7. The normalized spacial score (nSPS) is 11.2. The van der Waals surface area contributed by atoms with Crippen LogP contribution >= 0.6 is 0 Å². The van der Waals surface area contributed by atoms with Gasteiger partial charge < -0.3 is 9.72 Å². The molecule has 0 amide bonds. The highest BCUT2D eigenvalue weighted by Gasteiger charge is 2.14. The summed E-state index contributed by atoms with van der Waals surface area (Å²) < 4.78 is 5.30. The fourth-order valence-electron chi connectivity index (χ4n) is 3.18. The molecule has 0 radical (unpaired) electrons. The molecule has 6 nitrogen and oxygen atoms in total. The number of ether oxygens (including phenoxy) is 1. The number of benzene rings is 1. The van der Waals surface area contributed by atoms with Crippen LogP contribution in [0.2, 0.25) is 0 Å². The number of hydrogen-bond acceptors (Lipinski definition) is 4. The zero-order chi connectivity index (χ0) is 18.4. The van der Waals surface area contributed by atoms with E-state index < -0.39 is 0 Å². The maximum Gasteiger partial charge on any atom is 0.335 e. The topological polar surface area (TPSA) is 79.5 Å². The molecule has 0 atom stereocenters. The Bertz CT molecular complexity index is 800. The lowest BCUT2D eigenvalue weighted by Gasteiger charge is -2.12. The van der Waals surface area contributed by atoms with Crippen LogP contribution in [-0.2, 0) is 0 Å². The van der Waals surface area contributed by atoms with Crippen LogP contribution in [0.4, 0.5) is 0 Å². The number of imidazole rings is 1. The third kappa shape index (κ3) is 4.12. The molecule has 0 aliphatic carbocycles. The molecule has 0 aliphatic rings. The zero-order valence-electron chi connectivity index (χ0n) is 15.7. The lowest BCUT2D eigenvalue weighted by atomic mass is 9.98. The number of H-pyrrole nitrogens is 2. The van der Waals surface area contributed by atoms with Crippen molar-refractivity contribution in [3.8, 4) is 28.7 Å². The number of nitrogens with zero attached hydrogens (tertiary/aromatic N) is 3. The second-order valence-electron chi connectivity index (χ2n) is 6.43. The largest absolute Gasteiger partial charge is 0.463 e. The molecule has 3 rings (SSSR count). The van der Waals surface area contributed by atoms with Crippen molar-refractivity contribution in [1.82, 2.24) is 25.1 Å². The predicted octanol–water partition coefficient (Wildman–Crippen LogP) is 4.94. The molecule has 0 aliphatic heterocycles. The average molecular weight is 353 g/mol. The van der Waals surface area contributed by atoms with Crippen LogP contribution in [0.5, 0.6) is 6.01 Å². The maximum absolute atomic E-state index is 5.30. The molecule has 3 aromatic rings. The van der Waals surface area contributed by atoms with Gasteiger partial charge in [0.15, 0.2) is 5.82 Å². The lowest BCUT2D eigenvalue weighted by molar-refractivity contribution is 0.314. The molecule has 26 heavy (non-hydrogen) atoms. The summed E-state index contributed by atoms with van der Waals surface area (Å²) >= 11 is 0. The third-order valence-corrected chi connectivity index (χ3v) is 4.46. The number of rotatable bonds is 9. The summed E-state index contributed by atoms with van der Waals surface area (Å²) in [6.07, 6.45) is 6.64. The second-order valence-corrected chi connectivity index (χ2v) is 6.43. The average Bonchev–Trinajstić information content (AvgIpc) is 3.32. The van der Waals surface area contributed by atoms with E-state index in [0.29, 0.717) is 24.4 Å². The van der Waals surface area contributed by atoms with Crippen LogP contribution < -0.4 is 4.74 Å². The SMILES string of the molecule is CCCC(CCC)c1ncc(-c2ccc(-c3nc(OCC)n[nH]3)cc2)[nH]1. The lowest BCUT2D eigenvalue weighted by Crippen LogP contribution is -2.00. The number of aromatic nitrogens is 5. The maximum atomic E-state index is 5.30. The Labute approximate surface area is 154 Å². The van der Waals surface area contributed by atoms with Gasteiger partial charge in [0, 0.05) is 11.5 Å². The molecule has 2 heterocycles. The van der Waals surface area contributed by atoms with Crippen LogP contribution in [0.25, 0.3) is 22.6 Å². The van der Waals surface area contributed by atoms with E-state index in [1.807, 2.05) is 25.3 Å². The number of hydrogen-bond donors (Lipinski definition) is 2. The van der Waals surface area contributed by atoms with Gasteiger partial charge in [-0.15, -0.1) is 5.10 Å². The molecule has 0 spiro atoms. The first-order chi connectivity index (χ1) is 12.7. The van der Waals surface area contributed by atoms with Crippen LogP contribution in [0.15, 0.2) is 30.5 Å². The molecule has 6 heteroatoms.